The Labute approximate surface area is 142 Å². The maximum atomic E-state index is 12.4. The van der Waals surface area contributed by atoms with E-state index in [1.54, 1.807) is 44.2 Å². The van der Waals surface area contributed by atoms with E-state index >= 15 is 0 Å². The molecule has 0 fully saturated rings. The zero-order valence-electron chi connectivity index (χ0n) is 12.9. The Morgan fingerprint density at radius 3 is 2.46 bits per heavy atom. The van der Waals surface area contributed by atoms with Gasteiger partial charge in [-0.15, -0.1) is 0 Å². The summed E-state index contributed by atoms with van der Waals surface area (Å²) < 4.78 is 5.09. The van der Waals surface area contributed by atoms with Gasteiger partial charge < -0.3 is 4.52 Å². The molecule has 0 radical (unpaired) electrons. The molecular formula is C16H13ClN4O3. The molecule has 0 spiro atoms. The Bertz CT molecular complexity index is 934. The van der Waals surface area contributed by atoms with E-state index in [-0.39, 0.29) is 5.71 Å². The number of pyridine rings is 1. The van der Waals surface area contributed by atoms with Crippen LogP contribution in [-0.2, 0) is 0 Å². The van der Waals surface area contributed by atoms with Crippen molar-refractivity contribution in [3.05, 3.63) is 57.9 Å². The van der Waals surface area contributed by atoms with Gasteiger partial charge in [-0.1, -0.05) is 16.8 Å². The third kappa shape index (κ3) is 3.07. The number of aryl methyl sites for hydroxylation is 2. The molecule has 2 N–H and O–H groups in total. The number of hydrazine groups is 1. The lowest BCUT2D eigenvalue weighted by Gasteiger charge is -2.08. The number of hydrogen-bond acceptors (Lipinski definition) is 5. The Morgan fingerprint density at radius 1 is 1.08 bits per heavy atom. The number of amides is 2. The number of aromatic nitrogens is 2. The Balaban J connectivity index is 1.79. The fourth-order valence-electron chi connectivity index (χ4n) is 2.25. The smallest absolute Gasteiger partial charge is 0.270 e. The van der Waals surface area contributed by atoms with Gasteiger partial charge in [0.1, 0.15) is 0 Å². The van der Waals surface area contributed by atoms with Crippen LogP contribution < -0.4 is 10.9 Å². The quantitative estimate of drug-likeness (QED) is 0.696. The maximum Gasteiger partial charge on any atom is 0.270 e. The zero-order chi connectivity index (χ0) is 17.3. The highest BCUT2D eigenvalue weighted by molar-refractivity contribution is 6.30. The maximum absolute atomic E-state index is 12.4. The molecule has 0 bridgehead atoms. The van der Waals surface area contributed by atoms with Crippen LogP contribution in [0.4, 0.5) is 0 Å². The van der Waals surface area contributed by atoms with Crippen LogP contribution in [0, 0.1) is 13.8 Å². The minimum Gasteiger partial charge on any atom is -0.336 e. The molecule has 3 aromatic rings. The number of fused-ring (bicyclic) bond motifs is 1. The summed E-state index contributed by atoms with van der Waals surface area (Å²) in [5.74, 6) is -0.941. The van der Waals surface area contributed by atoms with Gasteiger partial charge in [-0.3, -0.25) is 20.4 Å². The summed E-state index contributed by atoms with van der Waals surface area (Å²) in [6.45, 7) is 3.45. The summed E-state index contributed by atoms with van der Waals surface area (Å²) in [7, 11) is 0. The SMILES string of the molecule is Cc1cc(C(=O)NNC(=O)c2ccc(Cl)cc2)c2c(C)noc2n1. The summed E-state index contributed by atoms with van der Waals surface area (Å²) in [5.41, 5.74) is 6.87. The highest BCUT2D eigenvalue weighted by Gasteiger charge is 2.18. The molecule has 0 atom stereocenters. The number of hydrogen-bond donors (Lipinski definition) is 2. The predicted octanol–water partition coefficient (Wildman–Crippen LogP) is 2.57. The van der Waals surface area contributed by atoms with E-state index in [4.69, 9.17) is 16.1 Å². The van der Waals surface area contributed by atoms with Crippen LogP contribution >= 0.6 is 11.6 Å². The van der Waals surface area contributed by atoms with Crippen LogP contribution in [0.15, 0.2) is 34.9 Å². The van der Waals surface area contributed by atoms with Gasteiger partial charge in [-0.25, -0.2) is 4.98 Å². The average Bonchev–Trinajstić information content (AvgIpc) is 2.93. The second-order valence-corrected chi connectivity index (χ2v) is 5.61. The van der Waals surface area contributed by atoms with Crippen LogP contribution in [0.3, 0.4) is 0 Å². The lowest BCUT2D eigenvalue weighted by atomic mass is 10.1. The van der Waals surface area contributed by atoms with Gasteiger partial charge in [0, 0.05) is 16.3 Å². The van der Waals surface area contributed by atoms with Crippen molar-refractivity contribution in [2.24, 2.45) is 0 Å². The van der Waals surface area contributed by atoms with Crippen molar-refractivity contribution in [2.45, 2.75) is 13.8 Å². The summed E-state index contributed by atoms with van der Waals surface area (Å²) in [5, 5.41) is 4.85. The Kier molecular flexibility index (Phi) is 4.18. The molecule has 1 aromatic carbocycles. The normalized spacial score (nSPS) is 10.6. The van der Waals surface area contributed by atoms with Gasteiger partial charge in [0.2, 0.25) is 0 Å². The summed E-state index contributed by atoms with van der Waals surface area (Å²) in [4.78, 5) is 28.6. The number of nitrogens with zero attached hydrogens (tertiary/aromatic N) is 2. The van der Waals surface area contributed by atoms with E-state index in [0.717, 1.165) is 0 Å². The molecule has 0 aliphatic heterocycles. The van der Waals surface area contributed by atoms with E-state index in [2.05, 4.69) is 21.0 Å². The van der Waals surface area contributed by atoms with Gasteiger partial charge in [-0.05, 0) is 44.2 Å². The van der Waals surface area contributed by atoms with E-state index in [9.17, 15) is 9.59 Å². The van der Waals surface area contributed by atoms with Crippen LogP contribution in [0.2, 0.25) is 5.02 Å². The average molecular weight is 345 g/mol. The molecule has 2 heterocycles. The van der Waals surface area contributed by atoms with Crippen LogP contribution in [0.5, 0.6) is 0 Å². The predicted molar refractivity (Wildman–Crippen MR) is 87.7 cm³/mol. The fraction of sp³-hybridized carbons (Fsp3) is 0.125. The van der Waals surface area contributed by atoms with Crippen molar-refractivity contribution in [2.75, 3.05) is 0 Å². The highest BCUT2D eigenvalue weighted by atomic mass is 35.5. The fourth-order valence-corrected chi connectivity index (χ4v) is 2.38. The summed E-state index contributed by atoms with van der Waals surface area (Å²) in [6.07, 6.45) is 0. The molecule has 8 heteroatoms. The number of benzene rings is 1. The van der Waals surface area contributed by atoms with Gasteiger partial charge in [-0.2, -0.15) is 0 Å². The highest BCUT2D eigenvalue weighted by Crippen LogP contribution is 2.21. The van der Waals surface area contributed by atoms with Crippen molar-refractivity contribution < 1.29 is 14.1 Å². The summed E-state index contributed by atoms with van der Waals surface area (Å²) in [6, 6.07) is 7.91. The van der Waals surface area contributed by atoms with E-state index < -0.39 is 11.8 Å². The molecule has 7 nitrogen and oxygen atoms in total. The van der Waals surface area contributed by atoms with Crippen LogP contribution in [0.25, 0.3) is 11.1 Å². The molecular weight excluding hydrogens is 332 g/mol. The second kappa shape index (κ2) is 6.29. The first-order valence-electron chi connectivity index (χ1n) is 7.05. The minimum atomic E-state index is -0.487. The monoisotopic (exact) mass is 344 g/mol. The summed E-state index contributed by atoms with van der Waals surface area (Å²) >= 11 is 5.78. The third-order valence-corrected chi connectivity index (χ3v) is 3.64. The van der Waals surface area contributed by atoms with Gasteiger partial charge in [0.25, 0.3) is 17.5 Å². The van der Waals surface area contributed by atoms with Crippen LogP contribution in [0.1, 0.15) is 32.1 Å². The van der Waals surface area contributed by atoms with Gasteiger partial charge in [0.05, 0.1) is 16.6 Å². The van der Waals surface area contributed by atoms with E-state index in [0.29, 0.717) is 32.9 Å². The molecule has 122 valence electrons. The van der Waals surface area contributed by atoms with Crippen molar-refractivity contribution in [1.29, 1.82) is 0 Å². The standard InChI is InChI=1S/C16H13ClN4O3/c1-8-7-12(13-9(2)21-24-16(13)18-8)15(23)20-19-14(22)10-3-5-11(17)6-4-10/h3-7H,1-2H3,(H,19,22)(H,20,23). The first-order chi connectivity index (χ1) is 11.5. The van der Waals surface area contributed by atoms with Crippen molar-refractivity contribution in [3.8, 4) is 0 Å². The molecule has 0 saturated carbocycles. The largest absolute Gasteiger partial charge is 0.336 e. The van der Waals surface area contributed by atoms with Crippen molar-refractivity contribution in [3.63, 3.8) is 0 Å². The molecule has 0 aliphatic carbocycles. The number of carbonyl (C=O) groups excluding carboxylic acids is 2. The number of rotatable bonds is 2. The van der Waals surface area contributed by atoms with Gasteiger partial charge in [0.15, 0.2) is 0 Å². The van der Waals surface area contributed by atoms with E-state index in [1.807, 2.05) is 0 Å². The minimum absolute atomic E-state index is 0.279. The lowest BCUT2D eigenvalue weighted by molar-refractivity contribution is 0.0847. The number of nitrogens with one attached hydrogen (secondary N) is 2. The van der Waals surface area contributed by atoms with Crippen molar-refractivity contribution >= 4 is 34.5 Å². The lowest BCUT2D eigenvalue weighted by Crippen LogP contribution is -2.41. The molecule has 3 rings (SSSR count). The van der Waals surface area contributed by atoms with Crippen molar-refractivity contribution in [1.82, 2.24) is 21.0 Å². The molecule has 2 amide bonds. The van der Waals surface area contributed by atoms with E-state index in [1.165, 1.54) is 0 Å². The molecule has 0 aliphatic rings. The first-order valence-corrected chi connectivity index (χ1v) is 7.43. The topological polar surface area (TPSA) is 97.1 Å². The zero-order valence-corrected chi connectivity index (χ0v) is 13.6. The molecule has 24 heavy (non-hydrogen) atoms. The number of halogens is 1. The Morgan fingerprint density at radius 2 is 1.75 bits per heavy atom. The van der Waals surface area contributed by atoms with Gasteiger partial charge >= 0.3 is 0 Å². The van der Waals surface area contributed by atoms with Crippen LogP contribution in [-0.4, -0.2) is 22.0 Å². The Hall–Kier alpha value is -2.93. The first kappa shape index (κ1) is 15.9. The molecule has 2 aromatic heterocycles. The number of carbonyl (C=O) groups is 2. The molecule has 0 unspecified atom stereocenters. The second-order valence-electron chi connectivity index (χ2n) is 5.17. The molecule has 0 saturated heterocycles. The third-order valence-electron chi connectivity index (χ3n) is 3.39.